The molecule has 0 spiro atoms. The van der Waals surface area contributed by atoms with Crippen LogP contribution in [0.15, 0.2) is 40.0 Å². The average molecular weight is 387 g/mol. The molecule has 1 N–H and O–H groups in total. The van der Waals surface area contributed by atoms with E-state index in [0.717, 1.165) is 16.6 Å². The highest BCUT2D eigenvalue weighted by molar-refractivity contribution is 7.88. The van der Waals surface area contributed by atoms with Gasteiger partial charge in [-0.2, -0.15) is 0 Å². The Balaban J connectivity index is 1.70. The minimum Gasteiger partial charge on any atom is -0.451 e. The van der Waals surface area contributed by atoms with Gasteiger partial charge in [0.15, 0.2) is 0 Å². The lowest BCUT2D eigenvalue weighted by atomic mass is 10.1. The predicted octanol–water partition coefficient (Wildman–Crippen LogP) is 2.61. The fraction of sp³-hybridized carbons (Fsp3) is 0.312. The number of rotatable bonds is 5. The maximum Gasteiger partial charge on any atom is 0.275 e. The number of halogens is 2. The molecule has 1 aromatic carbocycles. The summed E-state index contributed by atoms with van der Waals surface area (Å²) in [5, 5.41) is 2.75. The first-order valence-corrected chi connectivity index (χ1v) is 9.29. The van der Waals surface area contributed by atoms with Crippen LogP contribution in [0.4, 0.5) is 4.39 Å². The molecule has 1 aliphatic rings. The highest BCUT2D eigenvalue weighted by atomic mass is 35.5. The van der Waals surface area contributed by atoms with Gasteiger partial charge in [-0.1, -0.05) is 17.7 Å². The van der Waals surface area contributed by atoms with Gasteiger partial charge < -0.3 is 9.73 Å². The van der Waals surface area contributed by atoms with Crippen molar-refractivity contribution in [1.82, 2.24) is 9.62 Å². The van der Waals surface area contributed by atoms with Crippen LogP contribution in [0.5, 0.6) is 0 Å². The van der Waals surface area contributed by atoms with Crippen LogP contribution in [0.3, 0.4) is 0 Å². The first-order valence-electron chi connectivity index (χ1n) is 7.47. The highest BCUT2D eigenvalue weighted by Gasteiger charge is 2.42. The summed E-state index contributed by atoms with van der Waals surface area (Å²) in [6.07, 6.45) is 1.65. The molecule has 134 valence electrons. The second-order valence-electron chi connectivity index (χ2n) is 6.00. The standard InChI is InChI=1S/C16H16ClFN2O4S/c1-20(2)25(22,23)14-6-9(8-24-14)16(21)19-13-7-10(13)15-11(17)4-3-5-12(15)18/h3-6,8,10,13H,7H2,1-2H3,(H,19,21)/t10-,13-/m0/s1. The number of nitrogens with one attached hydrogen (secondary N) is 1. The van der Waals surface area contributed by atoms with E-state index in [0.29, 0.717) is 17.0 Å². The van der Waals surface area contributed by atoms with E-state index in [1.165, 1.54) is 26.2 Å². The Morgan fingerprint density at radius 3 is 2.76 bits per heavy atom. The topological polar surface area (TPSA) is 79.6 Å². The minimum atomic E-state index is -3.75. The van der Waals surface area contributed by atoms with Crippen molar-refractivity contribution in [2.45, 2.75) is 23.5 Å². The van der Waals surface area contributed by atoms with Crippen molar-refractivity contribution in [2.75, 3.05) is 14.1 Å². The van der Waals surface area contributed by atoms with E-state index in [1.54, 1.807) is 6.07 Å². The summed E-state index contributed by atoms with van der Waals surface area (Å²) in [6.45, 7) is 0. The Morgan fingerprint density at radius 2 is 2.12 bits per heavy atom. The van der Waals surface area contributed by atoms with Gasteiger partial charge in [0.05, 0.1) is 5.56 Å². The van der Waals surface area contributed by atoms with Crippen LogP contribution in [0.2, 0.25) is 5.02 Å². The smallest absolute Gasteiger partial charge is 0.275 e. The third-order valence-electron chi connectivity index (χ3n) is 4.05. The lowest BCUT2D eigenvalue weighted by Crippen LogP contribution is -2.26. The lowest BCUT2D eigenvalue weighted by Gasteiger charge is -2.07. The number of benzene rings is 1. The van der Waals surface area contributed by atoms with E-state index in [2.05, 4.69) is 5.32 Å². The first kappa shape index (κ1) is 17.9. The monoisotopic (exact) mass is 386 g/mol. The van der Waals surface area contributed by atoms with Crippen LogP contribution in [-0.2, 0) is 10.0 Å². The van der Waals surface area contributed by atoms with Crippen LogP contribution in [0.25, 0.3) is 0 Å². The van der Waals surface area contributed by atoms with Gasteiger partial charge in [-0.3, -0.25) is 4.79 Å². The number of amides is 1. The van der Waals surface area contributed by atoms with Crippen LogP contribution in [0, 0.1) is 5.82 Å². The molecule has 1 heterocycles. The van der Waals surface area contributed by atoms with Crippen molar-refractivity contribution in [3.63, 3.8) is 0 Å². The summed E-state index contributed by atoms with van der Waals surface area (Å²) in [6, 6.07) is 5.36. The number of hydrogen-bond donors (Lipinski definition) is 1. The molecule has 0 unspecified atom stereocenters. The Bertz CT molecular complexity index is 906. The summed E-state index contributed by atoms with van der Waals surface area (Å²) in [4.78, 5) is 12.2. The van der Waals surface area contributed by atoms with Gasteiger partial charge in [-0.15, -0.1) is 0 Å². The fourth-order valence-corrected chi connectivity index (χ4v) is 3.65. The van der Waals surface area contributed by atoms with Crippen LogP contribution >= 0.6 is 11.6 Å². The van der Waals surface area contributed by atoms with Gasteiger partial charge in [0, 0.05) is 42.7 Å². The quantitative estimate of drug-likeness (QED) is 0.856. The summed E-state index contributed by atoms with van der Waals surface area (Å²) < 4.78 is 43.8. The molecule has 25 heavy (non-hydrogen) atoms. The summed E-state index contributed by atoms with van der Waals surface area (Å²) in [5.74, 6) is -1.09. The predicted molar refractivity (Wildman–Crippen MR) is 89.6 cm³/mol. The molecule has 3 rings (SSSR count). The molecule has 9 heteroatoms. The van der Waals surface area contributed by atoms with Gasteiger partial charge in [-0.05, 0) is 18.6 Å². The van der Waals surface area contributed by atoms with Gasteiger partial charge in [0.25, 0.3) is 15.9 Å². The van der Waals surface area contributed by atoms with Gasteiger partial charge >= 0.3 is 0 Å². The highest BCUT2D eigenvalue weighted by Crippen LogP contribution is 2.45. The summed E-state index contributed by atoms with van der Waals surface area (Å²) >= 11 is 6.03. The zero-order chi connectivity index (χ0) is 18.4. The molecule has 1 saturated carbocycles. The molecule has 0 bridgehead atoms. The summed E-state index contributed by atoms with van der Waals surface area (Å²) in [7, 11) is -1.02. The van der Waals surface area contributed by atoms with Gasteiger partial charge in [0.2, 0.25) is 5.09 Å². The zero-order valence-electron chi connectivity index (χ0n) is 13.5. The second kappa shape index (κ2) is 6.44. The van der Waals surface area contributed by atoms with E-state index in [4.69, 9.17) is 16.0 Å². The molecule has 1 aliphatic carbocycles. The van der Waals surface area contributed by atoms with Crippen molar-refractivity contribution < 1.29 is 22.0 Å². The number of sulfonamides is 1. The Labute approximate surface area is 149 Å². The van der Waals surface area contributed by atoms with Crippen molar-refractivity contribution in [3.8, 4) is 0 Å². The molecule has 0 radical (unpaired) electrons. The van der Waals surface area contributed by atoms with Crippen molar-refractivity contribution in [3.05, 3.63) is 52.5 Å². The Kier molecular flexibility index (Phi) is 4.61. The molecule has 1 fully saturated rings. The molecule has 2 atom stereocenters. The van der Waals surface area contributed by atoms with E-state index < -0.39 is 21.7 Å². The second-order valence-corrected chi connectivity index (χ2v) is 8.49. The maximum absolute atomic E-state index is 13.9. The van der Waals surface area contributed by atoms with E-state index in [9.17, 15) is 17.6 Å². The molecular formula is C16H16ClFN2O4S. The average Bonchev–Trinajstić information content (AvgIpc) is 3.09. The maximum atomic E-state index is 13.9. The number of hydrogen-bond acceptors (Lipinski definition) is 4. The SMILES string of the molecule is CN(C)S(=O)(=O)c1cc(C(=O)N[C@H]2C[C@@H]2c2c(F)cccc2Cl)co1. The van der Waals surface area contributed by atoms with E-state index in [1.807, 2.05) is 0 Å². The molecule has 6 nitrogen and oxygen atoms in total. The lowest BCUT2D eigenvalue weighted by molar-refractivity contribution is 0.0949. The number of carbonyl (C=O) groups is 1. The molecule has 1 aromatic heterocycles. The Morgan fingerprint density at radius 1 is 1.40 bits per heavy atom. The van der Waals surface area contributed by atoms with Crippen molar-refractivity contribution in [1.29, 1.82) is 0 Å². The molecule has 0 aliphatic heterocycles. The molecule has 1 amide bonds. The fourth-order valence-electron chi connectivity index (χ4n) is 2.54. The number of nitrogens with zero attached hydrogens (tertiary/aromatic N) is 1. The third-order valence-corrected chi connectivity index (χ3v) is 6.06. The third kappa shape index (κ3) is 3.42. The van der Waals surface area contributed by atoms with Gasteiger partial charge in [-0.25, -0.2) is 17.1 Å². The number of carbonyl (C=O) groups excluding carboxylic acids is 1. The van der Waals surface area contributed by atoms with Crippen LogP contribution in [-0.4, -0.2) is 38.8 Å². The zero-order valence-corrected chi connectivity index (χ0v) is 15.1. The first-order chi connectivity index (χ1) is 11.7. The van der Waals surface area contributed by atoms with Crippen LogP contribution < -0.4 is 5.32 Å². The Hall–Kier alpha value is -1.90. The van der Waals surface area contributed by atoms with E-state index >= 15 is 0 Å². The molecule has 2 aromatic rings. The largest absolute Gasteiger partial charge is 0.451 e. The van der Waals surface area contributed by atoms with E-state index in [-0.39, 0.29) is 22.6 Å². The molecular weight excluding hydrogens is 371 g/mol. The van der Waals surface area contributed by atoms with Crippen LogP contribution in [0.1, 0.15) is 28.3 Å². The van der Waals surface area contributed by atoms with Crippen molar-refractivity contribution in [2.24, 2.45) is 0 Å². The minimum absolute atomic E-state index is 0.0886. The summed E-state index contributed by atoms with van der Waals surface area (Å²) in [5.41, 5.74) is 0.475. The number of furan rings is 1. The normalized spacial score (nSPS) is 19.9. The van der Waals surface area contributed by atoms with Crippen molar-refractivity contribution >= 4 is 27.5 Å². The molecule has 0 saturated heterocycles. The van der Waals surface area contributed by atoms with Gasteiger partial charge in [0.1, 0.15) is 12.1 Å².